The fraction of sp³-hybridized carbons (Fsp3) is 0.188. The van der Waals surface area contributed by atoms with Crippen LogP contribution >= 0.6 is 8.58 Å². The van der Waals surface area contributed by atoms with Crippen LogP contribution in [0.15, 0.2) is 42.5 Å². The van der Waals surface area contributed by atoms with Crippen molar-refractivity contribution < 1.29 is 34.6 Å². The average Bonchev–Trinajstić information content (AvgIpc) is 2.48. The summed E-state index contributed by atoms with van der Waals surface area (Å²) < 4.78 is 10.5. The van der Waals surface area contributed by atoms with Crippen LogP contribution in [0.2, 0.25) is 0 Å². The molecule has 0 fully saturated rings. The third kappa shape index (κ3) is 4.35. The van der Waals surface area contributed by atoms with E-state index in [2.05, 4.69) is 0 Å². The summed E-state index contributed by atoms with van der Waals surface area (Å²) in [4.78, 5) is 12.5. The number of carbonyl (C=O) groups is 1. The Labute approximate surface area is 140 Å². The van der Waals surface area contributed by atoms with E-state index >= 15 is 0 Å². The second kappa shape index (κ2) is 8.25. The zero-order valence-corrected chi connectivity index (χ0v) is 13.8. The first kappa shape index (κ1) is 17.8. The molecule has 1 unspecified atom stereocenters. The predicted molar refractivity (Wildman–Crippen MR) is 84.1 cm³/mol. The second-order valence-corrected chi connectivity index (χ2v) is 5.64. The normalized spacial score (nSPS) is 10.2. The molecule has 0 aliphatic carbocycles. The summed E-state index contributed by atoms with van der Waals surface area (Å²) in [6.45, 7) is 2.03. The SMILES string of the molecule is COc1cccc(OC)c1C(=O)Pc1ccc(C)cc1.[H-].[Li+]. The molecule has 0 amide bonds. The van der Waals surface area contributed by atoms with E-state index in [1.54, 1.807) is 26.4 Å². The van der Waals surface area contributed by atoms with Crippen LogP contribution in [0.3, 0.4) is 0 Å². The summed E-state index contributed by atoms with van der Waals surface area (Å²) >= 11 is 0. The van der Waals surface area contributed by atoms with Crippen molar-refractivity contribution in [2.24, 2.45) is 0 Å². The van der Waals surface area contributed by atoms with Crippen LogP contribution in [-0.4, -0.2) is 19.7 Å². The van der Waals surface area contributed by atoms with E-state index in [0.29, 0.717) is 17.1 Å². The number of carbonyl (C=O) groups excluding carboxylic acids is 1. The van der Waals surface area contributed by atoms with Crippen molar-refractivity contribution in [2.75, 3.05) is 14.2 Å². The molecule has 21 heavy (non-hydrogen) atoms. The molecule has 0 bridgehead atoms. The van der Waals surface area contributed by atoms with Crippen LogP contribution in [0, 0.1) is 6.92 Å². The monoisotopic (exact) mass is 296 g/mol. The van der Waals surface area contributed by atoms with Gasteiger partial charge in [-0.15, -0.1) is 0 Å². The van der Waals surface area contributed by atoms with E-state index < -0.39 is 0 Å². The van der Waals surface area contributed by atoms with Crippen molar-refractivity contribution in [2.45, 2.75) is 6.92 Å². The summed E-state index contributed by atoms with van der Waals surface area (Å²) in [5, 5.41) is 1.01. The first-order chi connectivity index (χ1) is 9.65. The molecule has 0 aliphatic heterocycles. The number of methoxy groups -OCH3 is 2. The molecule has 0 heterocycles. The Morgan fingerprint density at radius 1 is 1.00 bits per heavy atom. The Hall–Kier alpha value is -1.26. The minimum atomic E-state index is 0. The van der Waals surface area contributed by atoms with Gasteiger partial charge >= 0.3 is 18.9 Å². The predicted octanol–water partition coefficient (Wildman–Crippen LogP) is 0.273. The number of hydrogen-bond donors (Lipinski definition) is 0. The number of benzene rings is 2. The van der Waals surface area contributed by atoms with Gasteiger partial charge in [0.15, 0.2) is 5.52 Å². The van der Waals surface area contributed by atoms with Crippen molar-refractivity contribution >= 4 is 19.4 Å². The molecule has 2 aromatic rings. The summed E-state index contributed by atoms with van der Waals surface area (Å²) in [6, 6.07) is 13.3. The summed E-state index contributed by atoms with van der Waals surface area (Å²) in [6.07, 6.45) is 0. The van der Waals surface area contributed by atoms with Crippen LogP contribution in [0.4, 0.5) is 0 Å². The smallest absolute Gasteiger partial charge is 1.00 e. The molecule has 0 spiro atoms. The third-order valence-corrected chi connectivity index (χ3v) is 4.06. The number of ether oxygens (including phenoxy) is 2. The molecule has 1 atom stereocenters. The van der Waals surface area contributed by atoms with Gasteiger partial charge in [0.1, 0.15) is 17.1 Å². The van der Waals surface area contributed by atoms with Gasteiger partial charge in [0.05, 0.1) is 14.2 Å². The van der Waals surface area contributed by atoms with Crippen molar-refractivity contribution in [3.8, 4) is 11.5 Å². The molecule has 0 radical (unpaired) electrons. The standard InChI is InChI=1S/C16H17O3P.Li.H/c1-11-7-9-12(10-8-11)20-16(17)15-13(18-2)5-4-6-14(15)19-3;;/h4-10,20H,1-3H3;;/q;+1;-1. The van der Waals surface area contributed by atoms with Crippen LogP contribution in [0.5, 0.6) is 11.5 Å². The van der Waals surface area contributed by atoms with Gasteiger partial charge in [-0.1, -0.05) is 35.9 Å². The third-order valence-electron chi connectivity index (χ3n) is 2.96. The van der Waals surface area contributed by atoms with Crippen LogP contribution in [0.25, 0.3) is 0 Å². The Morgan fingerprint density at radius 2 is 1.52 bits per heavy atom. The Balaban J connectivity index is 0.00000220. The van der Waals surface area contributed by atoms with Crippen molar-refractivity contribution in [1.29, 1.82) is 0 Å². The second-order valence-electron chi connectivity index (χ2n) is 4.36. The number of rotatable bonds is 5. The van der Waals surface area contributed by atoms with Crippen LogP contribution in [-0.2, 0) is 0 Å². The van der Waals surface area contributed by atoms with Gasteiger partial charge in [-0.05, 0) is 32.9 Å². The average molecular weight is 296 g/mol. The quantitative estimate of drug-likeness (QED) is 0.587. The maximum absolute atomic E-state index is 12.5. The summed E-state index contributed by atoms with van der Waals surface area (Å²) in [5.41, 5.74) is 1.71. The number of aryl methyl sites for hydroxylation is 1. The zero-order valence-electron chi connectivity index (χ0n) is 13.8. The van der Waals surface area contributed by atoms with Crippen molar-refractivity contribution in [3.63, 3.8) is 0 Å². The number of hydrogen-bond acceptors (Lipinski definition) is 3. The Morgan fingerprint density at radius 3 is 2.00 bits per heavy atom. The first-order valence-corrected chi connectivity index (χ1v) is 7.24. The Bertz CT molecular complexity index is 595. The van der Waals surface area contributed by atoms with Gasteiger partial charge in [-0.2, -0.15) is 0 Å². The molecule has 0 aliphatic rings. The molecule has 106 valence electrons. The van der Waals surface area contributed by atoms with Gasteiger partial charge in [0.2, 0.25) is 0 Å². The van der Waals surface area contributed by atoms with Gasteiger partial charge in [-0.25, -0.2) is 0 Å². The summed E-state index contributed by atoms with van der Waals surface area (Å²) in [5.74, 6) is 1.10. The Kier molecular flexibility index (Phi) is 6.98. The van der Waals surface area contributed by atoms with E-state index in [1.807, 2.05) is 37.3 Å². The molecule has 3 nitrogen and oxygen atoms in total. The van der Waals surface area contributed by atoms with Gasteiger partial charge < -0.3 is 10.9 Å². The minimum Gasteiger partial charge on any atom is -1.00 e. The van der Waals surface area contributed by atoms with E-state index in [1.165, 1.54) is 5.56 Å². The molecule has 0 saturated heterocycles. The van der Waals surface area contributed by atoms with Gasteiger partial charge in [0.25, 0.3) is 0 Å². The van der Waals surface area contributed by atoms with Crippen LogP contribution < -0.4 is 33.6 Å². The minimum absolute atomic E-state index is 0. The molecule has 2 aromatic carbocycles. The van der Waals surface area contributed by atoms with E-state index in [4.69, 9.17) is 9.47 Å². The fourth-order valence-corrected chi connectivity index (χ4v) is 2.87. The molecule has 0 saturated carbocycles. The van der Waals surface area contributed by atoms with E-state index in [9.17, 15) is 4.79 Å². The maximum atomic E-state index is 12.5. The van der Waals surface area contributed by atoms with Crippen molar-refractivity contribution in [1.82, 2.24) is 0 Å². The topological polar surface area (TPSA) is 35.5 Å². The van der Waals surface area contributed by atoms with Gasteiger partial charge in [0, 0.05) is 0 Å². The molecule has 2 rings (SSSR count). The first-order valence-electron chi connectivity index (χ1n) is 6.24. The molecular formula is C16H18LiO3P. The zero-order chi connectivity index (χ0) is 14.5. The molecule has 0 aromatic heterocycles. The van der Waals surface area contributed by atoms with E-state index in [-0.39, 0.29) is 34.4 Å². The van der Waals surface area contributed by atoms with E-state index in [0.717, 1.165) is 5.30 Å². The van der Waals surface area contributed by atoms with Crippen molar-refractivity contribution in [3.05, 3.63) is 53.6 Å². The molecular weight excluding hydrogens is 278 g/mol. The maximum Gasteiger partial charge on any atom is 1.00 e. The molecule has 5 heteroatoms. The fourth-order valence-electron chi connectivity index (χ4n) is 1.91. The largest absolute Gasteiger partial charge is 1.00 e. The molecule has 0 N–H and O–H groups in total. The summed E-state index contributed by atoms with van der Waals surface area (Å²) in [7, 11) is 3.16. The van der Waals surface area contributed by atoms with Crippen LogP contribution in [0.1, 0.15) is 17.3 Å². The van der Waals surface area contributed by atoms with Gasteiger partial charge in [-0.3, -0.25) is 4.79 Å².